The summed E-state index contributed by atoms with van der Waals surface area (Å²) in [5.74, 6) is -0.484. The van der Waals surface area contributed by atoms with Gasteiger partial charge in [-0.15, -0.1) is 0 Å². The molecule has 1 atom stereocenters. The minimum absolute atomic E-state index is 0.0391. The molecule has 0 aromatic heterocycles. The van der Waals surface area contributed by atoms with Crippen LogP contribution in [0.15, 0.2) is 41.3 Å². The fourth-order valence-corrected chi connectivity index (χ4v) is 2.80. The van der Waals surface area contributed by atoms with Crippen molar-refractivity contribution in [3.05, 3.63) is 36.1 Å². The van der Waals surface area contributed by atoms with E-state index < -0.39 is 11.6 Å². The topological polar surface area (TPSA) is 68.1 Å². The number of ether oxygens (including phenoxy) is 1. The number of rotatable bonds is 6. The lowest BCUT2D eigenvalue weighted by molar-refractivity contribution is -0.153. The molecule has 1 aliphatic heterocycles. The molecule has 5 heteroatoms. The fraction of sp³-hybridized carbons (Fsp3) is 0.529. The maximum absolute atomic E-state index is 12.4. The monoisotopic (exact) mass is 305 g/mol. The molecular formula is C17H23NO4. The molecule has 1 spiro atoms. The van der Waals surface area contributed by atoms with E-state index in [1.807, 2.05) is 19.1 Å². The molecule has 0 bridgehead atoms. The summed E-state index contributed by atoms with van der Waals surface area (Å²) in [5.41, 5.74) is -0.112. The van der Waals surface area contributed by atoms with Crippen LogP contribution in [0.5, 0.6) is 0 Å². The number of hydrogen-bond acceptors (Lipinski definition) is 5. The summed E-state index contributed by atoms with van der Waals surface area (Å²) in [6.07, 6.45) is 9.76. The summed E-state index contributed by atoms with van der Waals surface area (Å²) in [6, 6.07) is 0. The molecule has 22 heavy (non-hydrogen) atoms. The van der Waals surface area contributed by atoms with E-state index in [9.17, 15) is 9.90 Å². The van der Waals surface area contributed by atoms with Crippen molar-refractivity contribution in [3.8, 4) is 0 Å². The number of esters is 1. The highest BCUT2D eigenvalue weighted by molar-refractivity contribution is 6.20. The number of allylic oxidation sites excluding steroid dienone is 1. The van der Waals surface area contributed by atoms with Gasteiger partial charge in [-0.3, -0.25) is 0 Å². The third-order valence-electron chi connectivity index (χ3n) is 3.79. The fourth-order valence-electron chi connectivity index (χ4n) is 2.80. The molecular weight excluding hydrogens is 282 g/mol. The van der Waals surface area contributed by atoms with Crippen LogP contribution in [0.4, 0.5) is 0 Å². The second kappa shape index (κ2) is 7.29. The smallest absolute Gasteiger partial charge is 0.344 e. The van der Waals surface area contributed by atoms with Gasteiger partial charge in [-0.05, 0) is 31.8 Å². The van der Waals surface area contributed by atoms with Gasteiger partial charge in [0.2, 0.25) is 0 Å². The van der Waals surface area contributed by atoms with Crippen molar-refractivity contribution in [3.63, 3.8) is 0 Å². The van der Waals surface area contributed by atoms with Crippen molar-refractivity contribution in [1.82, 2.24) is 0 Å². The number of aliphatic hydroxyl groups excluding tert-OH is 1. The van der Waals surface area contributed by atoms with Crippen LogP contribution in [-0.2, 0) is 14.4 Å². The minimum atomic E-state index is -0.692. The maximum atomic E-state index is 12.4. The van der Waals surface area contributed by atoms with E-state index in [-0.39, 0.29) is 17.9 Å². The average molecular weight is 305 g/mol. The number of carbonyl (C=O) groups is 1. The lowest BCUT2D eigenvalue weighted by Crippen LogP contribution is -2.41. The predicted molar refractivity (Wildman–Crippen MR) is 84.6 cm³/mol. The van der Waals surface area contributed by atoms with Gasteiger partial charge in [-0.25, -0.2) is 4.79 Å². The second-order valence-corrected chi connectivity index (χ2v) is 5.62. The first-order chi connectivity index (χ1) is 10.6. The lowest BCUT2D eigenvalue weighted by atomic mass is 9.84. The number of oxime groups is 1. The number of hydrogen-bond donors (Lipinski definition) is 1. The Morgan fingerprint density at radius 2 is 2.45 bits per heavy atom. The zero-order valence-corrected chi connectivity index (χ0v) is 13.0. The first-order valence-electron chi connectivity index (χ1n) is 7.75. The third-order valence-corrected chi connectivity index (χ3v) is 3.79. The van der Waals surface area contributed by atoms with E-state index in [4.69, 9.17) is 9.57 Å². The Labute approximate surface area is 131 Å². The first kappa shape index (κ1) is 16.3. The van der Waals surface area contributed by atoms with Crippen molar-refractivity contribution in [2.24, 2.45) is 5.16 Å². The summed E-state index contributed by atoms with van der Waals surface area (Å²) in [6.45, 7) is 5.77. The third kappa shape index (κ3) is 3.59. The van der Waals surface area contributed by atoms with Gasteiger partial charge in [-0.2, -0.15) is 0 Å². The van der Waals surface area contributed by atoms with E-state index >= 15 is 0 Å². The van der Waals surface area contributed by atoms with Crippen LogP contribution >= 0.6 is 0 Å². The van der Waals surface area contributed by atoms with Crippen LogP contribution in [-0.4, -0.2) is 29.0 Å². The molecule has 2 rings (SSSR count). The molecule has 120 valence electrons. The van der Waals surface area contributed by atoms with Crippen LogP contribution in [0, 0.1) is 0 Å². The summed E-state index contributed by atoms with van der Waals surface area (Å²) in [4.78, 5) is 17.5. The Bertz CT molecular complexity index is 533. The van der Waals surface area contributed by atoms with Gasteiger partial charge in [0.25, 0.3) is 0 Å². The van der Waals surface area contributed by atoms with Gasteiger partial charge in [0, 0.05) is 6.42 Å². The average Bonchev–Trinajstić information content (AvgIpc) is 2.47. The van der Waals surface area contributed by atoms with Crippen molar-refractivity contribution in [2.45, 2.75) is 51.0 Å². The standard InChI is InChI=1S/C17H23NO4/c1-3-8-13(18-21-11-4-2)15-14(19)12-17(22-16(15)20)9-6-5-7-10-17/h4,6,9,19H,2-3,5,7-8,10-12H2,1H3. The molecule has 0 aromatic rings. The Hall–Kier alpha value is -2.04. The van der Waals surface area contributed by atoms with Crippen molar-refractivity contribution < 1.29 is 19.5 Å². The largest absolute Gasteiger partial charge is 0.511 e. The summed E-state index contributed by atoms with van der Waals surface area (Å²) in [7, 11) is 0. The Morgan fingerprint density at radius 3 is 3.05 bits per heavy atom. The highest BCUT2D eigenvalue weighted by Gasteiger charge is 2.42. The second-order valence-electron chi connectivity index (χ2n) is 5.62. The predicted octanol–water partition coefficient (Wildman–Crippen LogP) is 3.58. The molecule has 1 N–H and O–H groups in total. The van der Waals surface area contributed by atoms with Crippen LogP contribution in [0.3, 0.4) is 0 Å². The molecule has 1 heterocycles. The zero-order chi connectivity index (χ0) is 16.0. The molecule has 0 saturated carbocycles. The molecule has 0 radical (unpaired) electrons. The molecule has 1 unspecified atom stereocenters. The van der Waals surface area contributed by atoms with Crippen molar-refractivity contribution >= 4 is 11.7 Å². The van der Waals surface area contributed by atoms with E-state index in [0.717, 1.165) is 25.7 Å². The minimum Gasteiger partial charge on any atom is -0.511 e. The van der Waals surface area contributed by atoms with Gasteiger partial charge in [0.1, 0.15) is 23.5 Å². The Morgan fingerprint density at radius 1 is 1.64 bits per heavy atom. The van der Waals surface area contributed by atoms with E-state index in [0.29, 0.717) is 18.6 Å². The Balaban J connectivity index is 2.27. The Kier molecular flexibility index (Phi) is 5.41. The van der Waals surface area contributed by atoms with E-state index in [1.54, 1.807) is 6.08 Å². The summed E-state index contributed by atoms with van der Waals surface area (Å²) >= 11 is 0. The van der Waals surface area contributed by atoms with Crippen LogP contribution in [0.1, 0.15) is 45.4 Å². The van der Waals surface area contributed by atoms with Gasteiger partial charge >= 0.3 is 5.97 Å². The summed E-state index contributed by atoms with van der Waals surface area (Å²) in [5, 5.41) is 14.4. The van der Waals surface area contributed by atoms with Crippen LogP contribution < -0.4 is 0 Å². The lowest BCUT2D eigenvalue weighted by Gasteiger charge is -2.36. The van der Waals surface area contributed by atoms with E-state index in [1.165, 1.54) is 0 Å². The molecule has 2 aliphatic rings. The highest BCUT2D eigenvalue weighted by Crippen LogP contribution is 2.37. The van der Waals surface area contributed by atoms with Crippen LogP contribution in [0.2, 0.25) is 0 Å². The van der Waals surface area contributed by atoms with Gasteiger partial charge in [-0.1, -0.05) is 37.2 Å². The molecule has 0 fully saturated rings. The number of aliphatic hydroxyl groups is 1. The molecule has 0 amide bonds. The molecule has 0 aromatic carbocycles. The van der Waals surface area contributed by atoms with Crippen molar-refractivity contribution in [1.29, 1.82) is 0 Å². The normalized spacial score (nSPS) is 25.3. The van der Waals surface area contributed by atoms with Gasteiger partial charge < -0.3 is 14.7 Å². The quantitative estimate of drug-likeness (QED) is 0.268. The summed E-state index contributed by atoms with van der Waals surface area (Å²) < 4.78 is 5.63. The maximum Gasteiger partial charge on any atom is 0.344 e. The van der Waals surface area contributed by atoms with Crippen molar-refractivity contribution in [2.75, 3.05) is 6.61 Å². The molecule has 5 nitrogen and oxygen atoms in total. The SMILES string of the molecule is C=CCON=C(CCC)C1=C(O)CC2(C=CCCC2)OC1=O. The molecule has 0 saturated heterocycles. The zero-order valence-electron chi connectivity index (χ0n) is 13.0. The van der Waals surface area contributed by atoms with E-state index in [2.05, 4.69) is 11.7 Å². The van der Waals surface area contributed by atoms with Crippen LogP contribution in [0.25, 0.3) is 0 Å². The highest BCUT2D eigenvalue weighted by atomic mass is 16.6. The molecule has 1 aliphatic carbocycles. The number of carbonyl (C=O) groups excluding carboxylic acids is 1. The first-order valence-corrected chi connectivity index (χ1v) is 7.75. The number of nitrogens with zero attached hydrogens (tertiary/aromatic N) is 1. The van der Waals surface area contributed by atoms with Gasteiger partial charge in [0.15, 0.2) is 0 Å². The van der Waals surface area contributed by atoms with Gasteiger partial charge in [0.05, 0.1) is 5.71 Å².